The van der Waals surface area contributed by atoms with Crippen LogP contribution in [0.4, 0.5) is 0 Å². The Morgan fingerprint density at radius 1 is 1.28 bits per heavy atom. The summed E-state index contributed by atoms with van der Waals surface area (Å²) in [6, 6.07) is -0.267. The van der Waals surface area contributed by atoms with Gasteiger partial charge in [-0.15, -0.1) is 10.2 Å². The van der Waals surface area contributed by atoms with Crippen molar-refractivity contribution in [2.75, 3.05) is 26.9 Å². The SMILES string of the molecule is COC1CCC(CC(=O)N2CCOC[C@H]2c2nnc(C(C)C)o2)CC1. The largest absolute Gasteiger partial charge is 0.423 e. The van der Waals surface area contributed by atoms with E-state index in [2.05, 4.69) is 10.2 Å². The number of hydrogen-bond acceptors (Lipinski definition) is 6. The Bertz CT molecular complexity index is 566. The number of morpholine rings is 1. The van der Waals surface area contributed by atoms with Gasteiger partial charge in [0.05, 0.1) is 19.3 Å². The molecule has 7 nitrogen and oxygen atoms in total. The topological polar surface area (TPSA) is 77.7 Å². The van der Waals surface area contributed by atoms with Crippen molar-refractivity contribution in [2.24, 2.45) is 5.92 Å². The summed E-state index contributed by atoms with van der Waals surface area (Å²) in [5.74, 6) is 1.87. The summed E-state index contributed by atoms with van der Waals surface area (Å²) in [7, 11) is 1.77. The van der Waals surface area contributed by atoms with Crippen LogP contribution in [0.15, 0.2) is 4.42 Å². The first kappa shape index (κ1) is 18.3. The molecule has 0 unspecified atom stereocenters. The Hall–Kier alpha value is -1.47. The lowest BCUT2D eigenvalue weighted by Gasteiger charge is -2.35. The minimum atomic E-state index is -0.267. The van der Waals surface area contributed by atoms with E-state index in [4.69, 9.17) is 13.9 Å². The number of hydrogen-bond donors (Lipinski definition) is 0. The maximum Gasteiger partial charge on any atom is 0.241 e. The Morgan fingerprint density at radius 3 is 2.68 bits per heavy atom. The molecule has 25 heavy (non-hydrogen) atoms. The molecule has 0 spiro atoms. The van der Waals surface area contributed by atoms with Gasteiger partial charge in [0.2, 0.25) is 17.7 Å². The quantitative estimate of drug-likeness (QED) is 0.812. The average Bonchev–Trinajstić information content (AvgIpc) is 3.12. The molecule has 1 amide bonds. The number of carbonyl (C=O) groups excluding carboxylic acids is 1. The number of rotatable bonds is 5. The highest BCUT2D eigenvalue weighted by atomic mass is 16.5. The zero-order valence-electron chi connectivity index (χ0n) is 15.4. The second kappa shape index (κ2) is 8.27. The van der Waals surface area contributed by atoms with Gasteiger partial charge in [-0.3, -0.25) is 4.79 Å². The van der Waals surface area contributed by atoms with Gasteiger partial charge in [0.1, 0.15) is 6.04 Å². The maximum atomic E-state index is 12.9. The number of aromatic nitrogens is 2. The molecule has 0 radical (unpaired) electrons. The van der Waals surface area contributed by atoms with Gasteiger partial charge in [-0.05, 0) is 31.6 Å². The molecule has 1 saturated carbocycles. The first-order chi connectivity index (χ1) is 12.1. The van der Waals surface area contributed by atoms with Gasteiger partial charge in [-0.2, -0.15) is 0 Å². The molecule has 140 valence electrons. The predicted molar refractivity (Wildman–Crippen MR) is 91.0 cm³/mol. The summed E-state index contributed by atoms with van der Waals surface area (Å²) in [5, 5.41) is 8.25. The summed E-state index contributed by atoms with van der Waals surface area (Å²) in [6.07, 6.45) is 5.13. The highest BCUT2D eigenvalue weighted by molar-refractivity contribution is 5.77. The van der Waals surface area contributed by atoms with Crippen molar-refractivity contribution in [3.05, 3.63) is 11.8 Å². The van der Waals surface area contributed by atoms with Crippen molar-refractivity contribution in [1.29, 1.82) is 0 Å². The smallest absolute Gasteiger partial charge is 0.241 e. The molecule has 1 atom stereocenters. The Morgan fingerprint density at radius 2 is 2.04 bits per heavy atom. The molecule has 2 fully saturated rings. The summed E-state index contributed by atoms with van der Waals surface area (Å²) >= 11 is 0. The number of carbonyl (C=O) groups is 1. The summed E-state index contributed by atoms with van der Waals surface area (Å²) < 4.78 is 16.8. The van der Waals surface area contributed by atoms with Gasteiger partial charge < -0.3 is 18.8 Å². The first-order valence-electron chi connectivity index (χ1n) is 9.31. The molecule has 1 aromatic rings. The van der Waals surface area contributed by atoms with E-state index in [1.807, 2.05) is 18.7 Å². The van der Waals surface area contributed by atoms with E-state index < -0.39 is 0 Å². The third kappa shape index (κ3) is 4.39. The van der Waals surface area contributed by atoms with Crippen LogP contribution >= 0.6 is 0 Å². The van der Waals surface area contributed by atoms with Gasteiger partial charge >= 0.3 is 0 Å². The van der Waals surface area contributed by atoms with Crippen molar-refractivity contribution < 1.29 is 18.7 Å². The van der Waals surface area contributed by atoms with Crippen LogP contribution in [0.1, 0.15) is 69.7 Å². The first-order valence-corrected chi connectivity index (χ1v) is 9.31. The molecule has 1 saturated heterocycles. The number of nitrogens with zero attached hydrogens (tertiary/aromatic N) is 3. The Kier molecular flexibility index (Phi) is 6.06. The highest BCUT2D eigenvalue weighted by Gasteiger charge is 2.34. The minimum Gasteiger partial charge on any atom is -0.423 e. The fraction of sp³-hybridized carbons (Fsp3) is 0.833. The van der Waals surface area contributed by atoms with Crippen molar-refractivity contribution in [3.63, 3.8) is 0 Å². The van der Waals surface area contributed by atoms with E-state index in [0.717, 1.165) is 25.7 Å². The van der Waals surface area contributed by atoms with Gasteiger partial charge in [0.25, 0.3) is 0 Å². The second-order valence-electron chi connectivity index (χ2n) is 7.39. The van der Waals surface area contributed by atoms with E-state index in [0.29, 0.717) is 50.0 Å². The zero-order valence-corrected chi connectivity index (χ0v) is 15.4. The zero-order chi connectivity index (χ0) is 17.8. The fourth-order valence-electron chi connectivity index (χ4n) is 3.66. The monoisotopic (exact) mass is 351 g/mol. The average molecular weight is 351 g/mol. The molecule has 0 aromatic carbocycles. The van der Waals surface area contributed by atoms with E-state index in [1.54, 1.807) is 7.11 Å². The predicted octanol–water partition coefficient (Wildman–Crippen LogP) is 2.69. The molecule has 0 N–H and O–H groups in total. The van der Waals surface area contributed by atoms with Crippen molar-refractivity contribution in [3.8, 4) is 0 Å². The third-order valence-corrected chi connectivity index (χ3v) is 5.27. The van der Waals surface area contributed by atoms with Crippen molar-refractivity contribution >= 4 is 5.91 Å². The van der Waals surface area contributed by atoms with Gasteiger partial charge in [0, 0.05) is 26.0 Å². The summed E-state index contributed by atoms with van der Waals surface area (Å²) in [5.41, 5.74) is 0. The maximum absolute atomic E-state index is 12.9. The van der Waals surface area contributed by atoms with Crippen LogP contribution in [0.2, 0.25) is 0 Å². The van der Waals surface area contributed by atoms with Crippen LogP contribution in [-0.4, -0.2) is 54.0 Å². The Labute approximate surface area is 149 Å². The highest BCUT2D eigenvalue weighted by Crippen LogP contribution is 2.31. The lowest BCUT2D eigenvalue weighted by Crippen LogP contribution is -2.44. The van der Waals surface area contributed by atoms with Crippen LogP contribution in [0, 0.1) is 5.92 Å². The molecular formula is C18H29N3O4. The lowest BCUT2D eigenvalue weighted by molar-refractivity contribution is -0.142. The van der Waals surface area contributed by atoms with E-state index in [1.165, 1.54) is 0 Å². The molecule has 2 aliphatic rings. The Balaban J connectivity index is 1.62. The molecule has 1 aliphatic heterocycles. The molecule has 0 bridgehead atoms. The van der Waals surface area contributed by atoms with Crippen LogP contribution in [0.25, 0.3) is 0 Å². The molecule has 7 heteroatoms. The van der Waals surface area contributed by atoms with E-state index >= 15 is 0 Å². The summed E-state index contributed by atoms with van der Waals surface area (Å²) in [6.45, 7) is 5.57. The molecule has 1 aliphatic carbocycles. The van der Waals surface area contributed by atoms with Gasteiger partial charge in [-0.1, -0.05) is 13.8 Å². The van der Waals surface area contributed by atoms with Crippen LogP contribution in [0.3, 0.4) is 0 Å². The van der Waals surface area contributed by atoms with Crippen molar-refractivity contribution in [1.82, 2.24) is 15.1 Å². The van der Waals surface area contributed by atoms with Crippen molar-refractivity contribution in [2.45, 2.75) is 64.0 Å². The minimum absolute atomic E-state index is 0.165. The third-order valence-electron chi connectivity index (χ3n) is 5.27. The van der Waals surface area contributed by atoms with E-state index in [-0.39, 0.29) is 17.9 Å². The number of methoxy groups -OCH3 is 1. The second-order valence-corrected chi connectivity index (χ2v) is 7.39. The summed E-state index contributed by atoms with van der Waals surface area (Å²) in [4.78, 5) is 14.8. The van der Waals surface area contributed by atoms with Gasteiger partial charge in [0.15, 0.2) is 0 Å². The molecular weight excluding hydrogens is 322 g/mol. The fourth-order valence-corrected chi connectivity index (χ4v) is 3.66. The number of amides is 1. The lowest BCUT2D eigenvalue weighted by atomic mass is 9.85. The van der Waals surface area contributed by atoms with Crippen LogP contribution < -0.4 is 0 Å². The standard InChI is InChI=1S/C18H29N3O4/c1-12(2)17-19-20-18(25-17)15-11-24-9-8-21(15)16(22)10-13-4-6-14(23-3)7-5-13/h12-15H,4-11H2,1-3H3/t13?,14?,15-/m0/s1. The van der Waals surface area contributed by atoms with E-state index in [9.17, 15) is 4.79 Å². The normalized spacial score (nSPS) is 27.7. The number of ether oxygens (including phenoxy) is 2. The van der Waals surface area contributed by atoms with Crippen LogP contribution in [-0.2, 0) is 14.3 Å². The van der Waals surface area contributed by atoms with Gasteiger partial charge in [-0.25, -0.2) is 0 Å². The molecule has 2 heterocycles. The molecule has 3 rings (SSSR count). The molecule has 1 aromatic heterocycles. The van der Waals surface area contributed by atoms with Crippen LogP contribution in [0.5, 0.6) is 0 Å².